The van der Waals surface area contributed by atoms with Crippen molar-refractivity contribution < 1.29 is 19.8 Å². The van der Waals surface area contributed by atoms with E-state index >= 15 is 0 Å². The van der Waals surface area contributed by atoms with Gasteiger partial charge in [0.15, 0.2) is 0 Å². The summed E-state index contributed by atoms with van der Waals surface area (Å²) in [5, 5.41) is 19.2. The molecule has 1 saturated heterocycles. The Morgan fingerprint density at radius 3 is 2.55 bits per heavy atom. The number of carboxylic acids is 1. The molecule has 1 aromatic carbocycles. The lowest BCUT2D eigenvalue weighted by Gasteiger charge is -2.22. The molecule has 1 fully saturated rings. The highest BCUT2D eigenvalue weighted by molar-refractivity contribution is 5.97. The maximum atomic E-state index is 12.4. The van der Waals surface area contributed by atoms with E-state index in [1.54, 1.807) is 19.1 Å². The van der Waals surface area contributed by atoms with Gasteiger partial charge in [-0.2, -0.15) is 0 Å². The van der Waals surface area contributed by atoms with Crippen molar-refractivity contribution in [3.8, 4) is 5.75 Å². The number of hydrogen-bond acceptors (Lipinski definition) is 3. The van der Waals surface area contributed by atoms with Crippen molar-refractivity contribution in [2.45, 2.75) is 20.8 Å². The van der Waals surface area contributed by atoms with Crippen LogP contribution in [0, 0.1) is 18.3 Å². The van der Waals surface area contributed by atoms with Crippen LogP contribution in [0.1, 0.15) is 29.8 Å². The average molecular weight is 277 g/mol. The molecule has 5 nitrogen and oxygen atoms in total. The van der Waals surface area contributed by atoms with Gasteiger partial charge in [0, 0.05) is 13.1 Å². The summed E-state index contributed by atoms with van der Waals surface area (Å²) in [5.41, 5.74) is 0.150. The predicted octanol–water partition coefficient (Wildman–Crippen LogP) is 1.88. The van der Waals surface area contributed by atoms with E-state index in [0.29, 0.717) is 6.54 Å². The molecule has 1 amide bonds. The van der Waals surface area contributed by atoms with E-state index in [2.05, 4.69) is 0 Å². The molecule has 1 aliphatic rings. The maximum Gasteiger partial charge on any atom is 0.311 e. The van der Waals surface area contributed by atoms with Gasteiger partial charge < -0.3 is 15.1 Å². The summed E-state index contributed by atoms with van der Waals surface area (Å²) in [7, 11) is 0. The molecule has 5 heteroatoms. The summed E-state index contributed by atoms with van der Waals surface area (Å²) in [4.78, 5) is 25.3. The van der Waals surface area contributed by atoms with Crippen LogP contribution in [0.25, 0.3) is 0 Å². The van der Waals surface area contributed by atoms with E-state index < -0.39 is 11.4 Å². The number of aliphatic carboxylic acids is 1. The van der Waals surface area contributed by atoms with Gasteiger partial charge in [0.2, 0.25) is 0 Å². The smallest absolute Gasteiger partial charge is 0.311 e. The number of aromatic hydroxyl groups is 1. The topological polar surface area (TPSA) is 77.8 Å². The molecule has 20 heavy (non-hydrogen) atoms. The third-order valence-electron chi connectivity index (χ3n) is 4.26. The number of likely N-dealkylation sites (tertiary alicyclic amines) is 1. The minimum atomic E-state index is -0.935. The highest BCUT2D eigenvalue weighted by Crippen LogP contribution is 2.37. The molecule has 1 aromatic rings. The second-order valence-electron chi connectivity index (χ2n) is 5.83. The van der Waals surface area contributed by atoms with Crippen LogP contribution in [0.2, 0.25) is 0 Å². The number of hydrogen-bond donors (Lipinski definition) is 2. The number of aryl methyl sites for hydroxylation is 1. The Kier molecular flexibility index (Phi) is 3.46. The summed E-state index contributed by atoms with van der Waals surface area (Å²) < 4.78 is 0. The number of amides is 1. The number of nitrogens with zero attached hydrogens (tertiary/aromatic N) is 1. The van der Waals surface area contributed by atoms with Crippen molar-refractivity contribution in [3.05, 3.63) is 29.3 Å². The number of carbonyl (C=O) groups is 2. The van der Waals surface area contributed by atoms with E-state index in [0.717, 1.165) is 5.56 Å². The van der Waals surface area contributed by atoms with Crippen molar-refractivity contribution in [2.24, 2.45) is 11.3 Å². The molecule has 0 saturated carbocycles. The van der Waals surface area contributed by atoms with Gasteiger partial charge >= 0.3 is 5.97 Å². The Labute approximate surface area is 117 Å². The quantitative estimate of drug-likeness (QED) is 0.865. The Morgan fingerprint density at radius 1 is 1.40 bits per heavy atom. The first-order valence-electron chi connectivity index (χ1n) is 6.58. The number of phenolic OH excluding ortho intramolecular Hbond substituents is 1. The third kappa shape index (κ3) is 2.24. The molecule has 0 unspecified atom stereocenters. The third-order valence-corrected chi connectivity index (χ3v) is 4.26. The van der Waals surface area contributed by atoms with Crippen LogP contribution in [-0.2, 0) is 4.79 Å². The molecule has 2 rings (SSSR count). The second kappa shape index (κ2) is 4.81. The fourth-order valence-electron chi connectivity index (χ4n) is 2.57. The molecule has 0 aliphatic carbocycles. The molecule has 0 aromatic heterocycles. The number of carbonyl (C=O) groups excluding carboxylic acids is 1. The Hall–Kier alpha value is -2.04. The number of carboxylic acid groups (broad SMARTS) is 1. The monoisotopic (exact) mass is 277 g/mol. The van der Waals surface area contributed by atoms with E-state index in [-0.39, 0.29) is 29.7 Å². The predicted molar refractivity (Wildman–Crippen MR) is 73.7 cm³/mol. The van der Waals surface area contributed by atoms with E-state index in [1.165, 1.54) is 11.0 Å². The summed E-state index contributed by atoms with van der Waals surface area (Å²) in [5.74, 6) is -1.41. The van der Waals surface area contributed by atoms with Crippen molar-refractivity contribution in [2.75, 3.05) is 13.1 Å². The van der Waals surface area contributed by atoms with Crippen LogP contribution in [-0.4, -0.2) is 40.1 Å². The standard InChI is InChI=1S/C15H19NO4/c1-9-4-5-11(12(17)6-9)13(18)16-7-10(2)15(3,8-16)14(19)20/h4-6,10,17H,7-8H2,1-3H3,(H,19,20)/t10-,15-/m1/s1. The first-order chi connectivity index (χ1) is 9.25. The highest BCUT2D eigenvalue weighted by Gasteiger charge is 2.48. The lowest BCUT2D eigenvalue weighted by Crippen LogP contribution is -2.36. The summed E-state index contributed by atoms with van der Waals surface area (Å²) in [6, 6.07) is 4.86. The molecule has 1 aliphatic heterocycles. The average Bonchev–Trinajstić information content (AvgIpc) is 2.66. The van der Waals surface area contributed by atoms with Gasteiger partial charge in [0.1, 0.15) is 5.75 Å². The van der Waals surface area contributed by atoms with E-state index in [9.17, 15) is 19.8 Å². The first kappa shape index (κ1) is 14.4. The fourth-order valence-corrected chi connectivity index (χ4v) is 2.57. The van der Waals surface area contributed by atoms with E-state index in [4.69, 9.17) is 0 Å². The number of rotatable bonds is 2. The van der Waals surface area contributed by atoms with Crippen LogP contribution in [0.5, 0.6) is 5.75 Å². The van der Waals surface area contributed by atoms with Crippen molar-refractivity contribution in [3.63, 3.8) is 0 Å². The van der Waals surface area contributed by atoms with Crippen molar-refractivity contribution in [1.29, 1.82) is 0 Å². The zero-order valence-corrected chi connectivity index (χ0v) is 11.9. The lowest BCUT2D eigenvalue weighted by atomic mass is 9.81. The fraction of sp³-hybridized carbons (Fsp3) is 0.467. The molecule has 0 spiro atoms. The molecule has 1 heterocycles. The largest absolute Gasteiger partial charge is 0.507 e. The molecular formula is C15H19NO4. The maximum absolute atomic E-state index is 12.4. The van der Waals surface area contributed by atoms with Gasteiger partial charge in [-0.15, -0.1) is 0 Å². The summed E-state index contributed by atoms with van der Waals surface area (Å²) >= 11 is 0. The minimum absolute atomic E-state index is 0.0634. The van der Waals surface area contributed by atoms with Gasteiger partial charge in [0.05, 0.1) is 11.0 Å². The van der Waals surface area contributed by atoms with Crippen LogP contribution >= 0.6 is 0 Å². The van der Waals surface area contributed by atoms with Gasteiger partial charge in [-0.3, -0.25) is 9.59 Å². The van der Waals surface area contributed by atoms with Crippen LogP contribution < -0.4 is 0 Å². The molecular weight excluding hydrogens is 258 g/mol. The number of phenols is 1. The van der Waals surface area contributed by atoms with Crippen LogP contribution in [0.3, 0.4) is 0 Å². The Bertz CT molecular complexity index is 569. The lowest BCUT2D eigenvalue weighted by molar-refractivity contribution is -0.148. The van der Waals surface area contributed by atoms with Gasteiger partial charge in [0.25, 0.3) is 5.91 Å². The molecule has 108 valence electrons. The zero-order valence-electron chi connectivity index (χ0n) is 11.9. The van der Waals surface area contributed by atoms with Gasteiger partial charge in [-0.05, 0) is 37.5 Å². The van der Waals surface area contributed by atoms with Gasteiger partial charge in [-0.25, -0.2) is 0 Å². The van der Waals surface area contributed by atoms with Crippen LogP contribution in [0.15, 0.2) is 18.2 Å². The highest BCUT2D eigenvalue weighted by atomic mass is 16.4. The van der Waals surface area contributed by atoms with E-state index in [1.807, 2.05) is 13.8 Å². The normalized spacial score (nSPS) is 25.8. The molecule has 0 bridgehead atoms. The number of benzene rings is 1. The minimum Gasteiger partial charge on any atom is -0.507 e. The van der Waals surface area contributed by atoms with Crippen LogP contribution in [0.4, 0.5) is 0 Å². The Balaban J connectivity index is 2.26. The zero-order chi connectivity index (χ0) is 15.1. The SMILES string of the molecule is Cc1ccc(C(=O)N2C[C@@H](C)[C@](C)(C(=O)O)C2)c(O)c1. The molecule has 2 N–H and O–H groups in total. The summed E-state index contributed by atoms with van der Waals surface area (Å²) in [6.07, 6.45) is 0. The Morgan fingerprint density at radius 2 is 2.05 bits per heavy atom. The first-order valence-corrected chi connectivity index (χ1v) is 6.58. The van der Waals surface area contributed by atoms with Gasteiger partial charge in [-0.1, -0.05) is 13.0 Å². The second-order valence-corrected chi connectivity index (χ2v) is 5.83. The van der Waals surface area contributed by atoms with Crippen molar-refractivity contribution in [1.82, 2.24) is 4.90 Å². The molecule has 0 radical (unpaired) electrons. The molecule has 2 atom stereocenters. The summed E-state index contributed by atoms with van der Waals surface area (Å²) in [6.45, 7) is 5.86. The van der Waals surface area contributed by atoms with Crippen molar-refractivity contribution >= 4 is 11.9 Å².